The number of nitrogens with zero attached hydrogens (tertiary/aromatic N) is 1. The van der Waals surface area contributed by atoms with Crippen molar-refractivity contribution in [2.75, 3.05) is 6.61 Å². The molecule has 4 heteroatoms. The zero-order valence-electron chi connectivity index (χ0n) is 13.7. The number of hydrogen-bond acceptors (Lipinski definition) is 3. The highest BCUT2D eigenvalue weighted by Gasteiger charge is 2.21. The molecule has 1 aromatic carbocycles. The van der Waals surface area contributed by atoms with Crippen LogP contribution < -0.4 is 16.0 Å². The van der Waals surface area contributed by atoms with E-state index in [1.165, 1.54) is 0 Å². The van der Waals surface area contributed by atoms with Crippen LogP contribution in [0, 0.1) is 0 Å². The van der Waals surface area contributed by atoms with Crippen molar-refractivity contribution in [1.29, 1.82) is 0 Å². The van der Waals surface area contributed by atoms with Gasteiger partial charge in [-0.1, -0.05) is 12.1 Å². The van der Waals surface area contributed by atoms with Gasteiger partial charge in [-0.15, -0.1) is 0 Å². The average molecular weight is 300 g/mol. The van der Waals surface area contributed by atoms with E-state index in [-0.39, 0.29) is 5.56 Å². The molecule has 1 aromatic heterocycles. The average Bonchev–Trinajstić information content (AvgIpc) is 2.46. The monoisotopic (exact) mass is 300 g/mol. The molecule has 0 atom stereocenters. The van der Waals surface area contributed by atoms with E-state index in [1.807, 2.05) is 64.1 Å². The Labute approximate surface area is 131 Å². The van der Waals surface area contributed by atoms with Crippen molar-refractivity contribution in [1.82, 2.24) is 4.57 Å². The molecule has 2 rings (SSSR count). The van der Waals surface area contributed by atoms with Crippen molar-refractivity contribution in [3.8, 4) is 17.0 Å². The van der Waals surface area contributed by atoms with Gasteiger partial charge in [0.05, 0.1) is 12.3 Å². The Morgan fingerprint density at radius 3 is 2.41 bits per heavy atom. The van der Waals surface area contributed by atoms with Crippen LogP contribution in [0.1, 0.15) is 33.3 Å². The van der Waals surface area contributed by atoms with Gasteiger partial charge in [0.25, 0.3) is 5.56 Å². The molecule has 4 nitrogen and oxygen atoms in total. The number of hydrogen-bond donors (Lipinski definition) is 1. The minimum absolute atomic E-state index is 0.0428. The second-order valence-electron chi connectivity index (χ2n) is 5.83. The SMILES string of the molecule is CCOc1ccccc1-c1ccc(C(C)(C)N)c(=O)n1CC. The van der Waals surface area contributed by atoms with Crippen molar-refractivity contribution in [3.05, 3.63) is 52.3 Å². The Kier molecular flexibility index (Phi) is 4.71. The van der Waals surface area contributed by atoms with Crippen LogP contribution in [-0.4, -0.2) is 11.2 Å². The maximum atomic E-state index is 12.8. The molecule has 0 spiro atoms. The Morgan fingerprint density at radius 2 is 1.82 bits per heavy atom. The smallest absolute Gasteiger partial charge is 0.256 e. The summed E-state index contributed by atoms with van der Waals surface area (Å²) in [4.78, 5) is 12.8. The molecule has 0 aliphatic rings. The van der Waals surface area contributed by atoms with Gasteiger partial charge >= 0.3 is 0 Å². The van der Waals surface area contributed by atoms with E-state index in [2.05, 4.69) is 0 Å². The molecule has 0 radical (unpaired) electrons. The van der Waals surface area contributed by atoms with Crippen molar-refractivity contribution in [3.63, 3.8) is 0 Å². The first-order chi connectivity index (χ1) is 10.4. The third kappa shape index (κ3) is 3.07. The summed E-state index contributed by atoms with van der Waals surface area (Å²) in [6.07, 6.45) is 0. The van der Waals surface area contributed by atoms with Gasteiger partial charge in [0, 0.05) is 23.2 Å². The molecule has 22 heavy (non-hydrogen) atoms. The van der Waals surface area contributed by atoms with E-state index < -0.39 is 5.54 Å². The van der Waals surface area contributed by atoms with E-state index in [1.54, 1.807) is 4.57 Å². The lowest BCUT2D eigenvalue weighted by molar-refractivity contribution is 0.341. The summed E-state index contributed by atoms with van der Waals surface area (Å²) in [5.41, 5.74) is 7.80. The predicted molar refractivity (Wildman–Crippen MR) is 90.2 cm³/mol. The third-order valence-electron chi connectivity index (χ3n) is 3.65. The second-order valence-corrected chi connectivity index (χ2v) is 5.83. The summed E-state index contributed by atoms with van der Waals surface area (Å²) in [7, 11) is 0. The summed E-state index contributed by atoms with van der Waals surface area (Å²) in [5, 5.41) is 0. The van der Waals surface area contributed by atoms with Crippen molar-refractivity contribution in [2.45, 2.75) is 39.8 Å². The summed E-state index contributed by atoms with van der Waals surface area (Å²) < 4.78 is 7.44. The van der Waals surface area contributed by atoms with E-state index >= 15 is 0 Å². The highest BCUT2D eigenvalue weighted by atomic mass is 16.5. The van der Waals surface area contributed by atoms with Crippen LogP contribution in [0.2, 0.25) is 0 Å². The van der Waals surface area contributed by atoms with Crippen LogP contribution in [0.4, 0.5) is 0 Å². The normalized spacial score (nSPS) is 11.5. The van der Waals surface area contributed by atoms with Crippen molar-refractivity contribution >= 4 is 0 Å². The minimum Gasteiger partial charge on any atom is -0.493 e. The molecular weight excluding hydrogens is 276 g/mol. The second kappa shape index (κ2) is 6.36. The molecule has 0 aliphatic heterocycles. The standard InChI is InChI=1S/C18H24N2O2/c1-5-20-15(12-11-14(17(20)21)18(3,4)19)13-9-7-8-10-16(13)22-6-2/h7-12H,5-6,19H2,1-4H3. The Bertz CT molecular complexity index is 712. The third-order valence-corrected chi connectivity index (χ3v) is 3.65. The molecule has 0 aliphatic carbocycles. The van der Waals surface area contributed by atoms with E-state index in [9.17, 15) is 4.79 Å². The van der Waals surface area contributed by atoms with Crippen LogP contribution in [0.15, 0.2) is 41.2 Å². The molecule has 1 heterocycles. The maximum absolute atomic E-state index is 12.8. The Hall–Kier alpha value is -2.07. The van der Waals surface area contributed by atoms with E-state index in [4.69, 9.17) is 10.5 Å². The largest absolute Gasteiger partial charge is 0.493 e. The van der Waals surface area contributed by atoms with Gasteiger partial charge in [-0.3, -0.25) is 4.79 Å². The molecule has 0 fully saturated rings. The fraction of sp³-hybridized carbons (Fsp3) is 0.389. The number of rotatable bonds is 5. The highest BCUT2D eigenvalue weighted by Crippen LogP contribution is 2.30. The molecule has 0 saturated heterocycles. The number of benzene rings is 1. The maximum Gasteiger partial charge on any atom is 0.256 e. The molecule has 0 saturated carbocycles. The van der Waals surface area contributed by atoms with Crippen LogP contribution in [-0.2, 0) is 12.1 Å². The first kappa shape index (κ1) is 16.3. The summed E-state index contributed by atoms with van der Waals surface area (Å²) in [6.45, 7) is 8.76. The molecule has 0 amide bonds. The molecule has 2 aromatic rings. The van der Waals surface area contributed by atoms with Gasteiger partial charge in [-0.2, -0.15) is 0 Å². The van der Waals surface area contributed by atoms with E-state index in [0.717, 1.165) is 17.0 Å². The fourth-order valence-corrected chi connectivity index (χ4v) is 2.58. The molecule has 0 bridgehead atoms. The fourth-order valence-electron chi connectivity index (χ4n) is 2.58. The lowest BCUT2D eigenvalue weighted by atomic mass is 9.96. The predicted octanol–water partition coefficient (Wildman–Crippen LogP) is 3.13. The number of para-hydroxylation sites is 1. The zero-order chi connectivity index (χ0) is 16.3. The van der Waals surface area contributed by atoms with Crippen LogP contribution in [0.3, 0.4) is 0 Å². The van der Waals surface area contributed by atoms with Gasteiger partial charge in [-0.25, -0.2) is 0 Å². The van der Waals surface area contributed by atoms with E-state index in [0.29, 0.717) is 18.7 Å². The molecule has 0 unspecified atom stereocenters. The molecule has 118 valence electrons. The van der Waals surface area contributed by atoms with Crippen molar-refractivity contribution < 1.29 is 4.74 Å². The van der Waals surface area contributed by atoms with Gasteiger partial charge in [0.1, 0.15) is 5.75 Å². The summed E-state index contributed by atoms with van der Waals surface area (Å²) >= 11 is 0. The van der Waals surface area contributed by atoms with Gasteiger partial charge < -0.3 is 15.0 Å². The molecular formula is C18H24N2O2. The highest BCUT2D eigenvalue weighted by molar-refractivity contribution is 5.67. The Balaban J connectivity index is 2.68. The van der Waals surface area contributed by atoms with Crippen LogP contribution >= 0.6 is 0 Å². The van der Waals surface area contributed by atoms with Gasteiger partial charge in [-0.05, 0) is 52.0 Å². The lowest BCUT2D eigenvalue weighted by Crippen LogP contribution is -2.38. The quantitative estimate of drug-likeness (QED) is 0.923. The first-order valence-corrected chi connectivity index (χ1v) is 7.65. The van der Waals surface area contributed by atoms with Gasteiger partial charge in [0.15, 0.2) is 0 Å². The summed E-state index contributed by atoms with van der Waals surface area (Å²) in [5.74, 6) is 0.784. The van der Waals surface area contributed by atoms with Crippen LogP contribution in [0.25, 0.3) is 11.3 Å². The minimum atomic E-state index is -0.661. The number of pyridine rings is 1. The molecule has 2 N–H and O–H groups in total. The lowest BCUT2D eigenvalue weighted by Gasteiger charge is -2.22. The van der Waals surface area contributed by atoms with Gasteiger partial charge in [0.2, 0.25) is 0 Å². The summed E-state index contributed by atoms with van der Waals surface area (Å²) in [6, 6.07) is 11.5. The number of nitrogens with two attached hydrogens (primary N) is 1. The zero-order valence-corrected chi connectivity index (χ0v) is 13.7. The first-order valence-electron chi connectivity index (χ1n) is 7.65. The number of aromatic nitrogens is 1. The number of ether oxygens (including phenoxy) is 1. The topological polar surface area (TPSA) is 57.2 Å². The van der Waals surface area contributed by atoms with Crippen molar-refractivity contribution in [2.24, 2.45) is 5.73 Å². The van der Waals surface area contributed by atoms with Crippen LogP contribution in [0.5, 0.6) is 5.75 Å². The Morgan fingerprint density at radius 1 is 1.14 bits per heavy atom.